The van der Waals surface area contributed by atoms with Crippen LogP contribution in [0.4, 0.5) is 5.69 Å². The summed E-state index contributed by atoms with van der Waals surface area (Å²) in [6.07, 6.45) is 0. The molecule has 0 aromatic heterocycles. The van der Waals surface area contributed by atoms with Gasteiger partial charge in [-0.1, -0.05) is 33.6 Å². The second-order valence-corrected chi connectivity index (χ2v) is 6.51. The molecule has 2 rings (SSSR count). The van der Waals surface area contributed by atoms with Gasteiger partial charge in [0.05, 0.1) is 18.8 Å². The number of aryl methyl sites for hydroxylation is 1. The highest BCUT2D eigenvalue weighted by Gasteiger charge is 2.13. The Bertz CT molecular complexity index is 613. The first-order valence-electron chi connectivity index (χ1n) is 6.37. The van der Waals surface area contributed by atoms with Gasteiger partial charge in [0.15, 0.2) is 0 Å². The molecule has 1 atom stereocenters. The largest absolute Gasteiger partial charge is 0.496 e. The molecule has 0 aliphatic heterocycles. The molecular weight excluding hydrogens is 382 g/mol. The number of nitrogens with one attached hydrogen (secondary N) is 1. The highest BCUT2D eigenvalue weighted by atomic mass is 79.9. The molecule has 1 unspecified atom stereocenters. The highest BCUT2D eigenvalue weighted by Crippen LogP contribution is 2.32. The SMILES string of the molecule is COc1ccc(C)cc1C(C)Nc1cc(Br)ccc1Br. The topological polar surface area (TPSA) is 21.3 Å². The number of rotatable bonds is 4. The van der Waals surface area contributed by atoms with E-state index in [0.717, 1.165) is 25.9 Å². The molecule has 2 aromatic rings. The number of benzene rings is 2. The molecule has 0 amide bonds. The van der Waals surface area contributed by atoms with Gasteiger partial charge in [-0.15, -0.1) is 0 Å². The van der Waals surface area contributed by atoms with Crippen molar-refractivity contribution in [2.45, 2.75) is 19.9 Å². The average molecular weight is 399 g/mol. The minimum Gasteiger partial charge on any atom is -0.496 e. The smallest absolute Gasteiger partial charge is 0.124 e. The predicted molar refractivity (Wildman–Crippen MR) is 91.6 cm³/mol. The zero-order chi connectivity index (χ0) is 14.7. The van der Waals surface area contributed by atoms with Crippen molar-refractivity contribution >= 4 is 37.5 Å². The average Bonchev–Trinajstić information content (AvgIpc) is 2.42. The summed E-state index contributed by atoms with van der Waals surface area (Å²) in [7, 11) is 1.70. The lowest BCUT2D eigenvalue weighted by molar-refractivity contribution is 0.408. The fraction of sp³-hybridized carbons (Fsp3) is 0.250. The van der Waals surface area contributed by atoms with E-state index in [0.29, 0.717) is 0 Å². The number of hydrogen-bond acceptors (Lipinski definition) is 2. The summed E-state index contributed by atoms with van der Waals surface area (Å²) in [6.45, 7) is 4.22. The molecule has 0 heterocycles. The van der Waals surface area contributed by atoms with E-state index in [9.17, 15) is 0 Å². The van der Waals surface area contributed by atoms with E-state index in [2.05, 4.69) is 69.2 Å². The van der Waals surface area contributed by atoms with Crippen molar-refractivity contribution in [1.82, 2.24) is 0 Å². The lowest BCUT2D eigenvalue weighted by Gasteiger charge is -2.20. The van der Waals surface area contributed by atoms with E-state index in [-0.39, 0.29) is 6.04 Å². The Morgan fingerprint density at radius 2 is 1.85 bits per heavy atom. The van der Waals surface area contributed by atoms with E-state index in [1.54, 1.807) is 7.11 Å². The van der Waals surface area contributed by atoms with E-state index in [1.807, 2.05) is 18.2 Å². The van der Waals surface area contributed by atoms with E-state index >= 15 is 0 Å². The van der Waals surface area contributed by atoms with Crippen LogP contribution in [0, 0.1) is 6.92 Å². The quantitative estimate of drug-likeness (QED) is 0.712. The minimum absolute atomic E-state index is 0.149. The van der Waals surface area contributed by atoms with Crippen molar-refractivity contribution in [3.63, 3.8) is 0 Å². The number of ether oxygens (including phenoxy) is 1. The third kappa shape index (κ3) is 3.55. The normalized spacial score (nSPS) is 12.1. The van der Waals surface area contributed by atoms with Gasteiger partial charge in [-0.05, 0) is 54.0 Å². The maximum Gasteiger partial charge on any atom is 0.124 e. The van der Waals surface area contributed by atoms with Crippen LogP contribution >= 0.6 is 31.9 Å². The number of halogens is 2. The van der Waals surface area contributed by atoms with Crippen LogP contribution in [0.3, 0.4) is 0 Å². The van der Waals surface area contributed by atoms with E-state index < -0.39 is 0 Å². The molecule has 4 heteroatoms. The van der Waals surface area contributed by atoms with Gasteiger partial charge in [0, 0.05) is 14.5 Å². The van der Waals surface area contributed by atoms with Gasteiger partial charge in [-0.2, -0.15) is 0 Å². The molecule has 106 valence electrons. The summed E-state index contributed by atoms with van der Waals surface area (Å²) in [5.74, 6) is 0.904. The van der Waals surface area contributed by atoms with Crippen LogP contribution in [-0.2, 0) is 0 Å². The van der Waals surface area contributed by atoms with Crippen molar-refractivity contribution in [3.8, 4) is 5.75 Å². The standard InChI is InChI=1S/C16H17Br2NO/c1-10-4-7-16(20-3)13(8-10)11(2)19-15-9-12(17)5-6-14(15)18/h4-9,11,19H,1-3H3. The first-order chi connectivity index (χ1) is 9.51. The Morgan fingerprint density at radius 1 is 1.10 bits per heavy atom. The number of anilines is 1. The maximum atomic E-state index is 5.45. The van der Waals surface area contributed by atoms with Crippen LogP contribution in [0.2, 0.25) is 0 Å². The maximum absolute atomic E-state index is 5.45. The fourth-order valence-electron chi connectivity index (χ4n) is 2.11. The van der Waals surface area contributed by atoms with Crippen molar-refractivity contribution in [2.75, 3.05) is 12.4 Å². The Balaban J connectivity index is 2.30. The molecule has 0 aliphatic carbocycles. The highest BCUT2D eigenvalue weighted by molar-refractivity contribution is 9.11. The molecule has 0 spiro atoms. The Morgan fingerprint density at radius 3 is 2.55 bits per heavy atom. The molecule has 0 saturated carbocycles. The van der Waals surface area contributed by atoms with Crippen LogP contribution in [0.1, 0.15) is 24.1 Å². The van der Waals surface area contributed by atoms with Crippen molar-refractivity contribution in [3.05, 3.63) is 56.5 Å². The number of hydrogen-bond donors (Lipinski definition) is 1. The van der Waals surface area contributed by atoms with Gasteiger partial charge < -0.3 is 10.1 Å². The van der Waals surface area contributed by atoms with Crippen molar-refractivity contribution < 1.29 is 4.74 Å². The predicted octanol–water partition coefficient (Wildman–Crippen LogP) is 5.70. The molecule has 0 fully saturated rings. The molecule has 0 bridgehead atoms. The van der Waals surface area contributed by atoms with Gasteiger partial charge in [0.1, 0.15) is 5.75 Å². The fourth-order valence-corrected chi connectivity index (χ4v) is 2.83. The van der Waals surface area contributed by atoms with Crippen LogP contribution in [0.15, 0.2) is 45.3 Å². The zero-order valence-electron chi connectivity index (χ0n) is 11.7. The molecule has 2 nitrogen and oxygen atoms in total. The van der Waals surface area contributed by atoms with E-state index in [1.165, 1.54) is 5.56 Å². The van der Waals surface area contributed by atoms with Crippen LogP contribution in [-0.4, -0.2) is 7.11 Å². The van der Waals surface area contributed by atoms with Crippen molar-refractivity contribution in [2.24, 2.45) is 0 Å². The second kappa shape index (κ2) is 6.64. The third-order valence-electron chi connectivity index (χ3n) is 3.15. The van der Waals surface area contributed by atoms with Crippen molar-refractivity contribution in [1.29, 1.82) is 0 Å². The second-order valence-electron chi connectivity index (χ2n) is 4.74. The summed E-state index contributed by atoms with van der Waals surface area (Å²) < 4.78 is 7.54. The summed E-state index contributed by atoms with van der Waals surface area (Å²) in [6, 6.07) is 12.5. The van der Waals surface area contributed by atoms with Gasteiger partial charge in [0.2, 0.25) is 0 Å². The van der Waals surface area contributed by atoms with Crippen LogP contribution in [0.5, 0.6) is 5.75 Å². The zero-order valence-corrected chi connectivity index (χ0v) is 14.9. The van der Waals surface area contributed by atoms with Crippen LogP contribution in [0.25, 0.3) is 0 Å². The summed E-state index contributed by atoms with van der Waals surface area (Å²) in [5.41, 5.74) is 3.43. The van der Waals surface area contributed by atoms with Gasteiger partial charge >= 0.3 is 0 Å². The molecule has 20 heavy (non-hydrogen) atoms. The lowest BCUT2D eigenvalue weighted by atomic mass is 10.0. The molecule has 1 N–H and O–H groups in total. The molecule has 2 aromatic carbocycles. The Hall–Kier alpha value is -1.000. The Labute approximate surface area is 136 Å². The molecular formula is C16H17Br2NO. The molecule has 0 radical (unpaired) electrons. The van der Waals surface area contributed by atoms with Crippen LogP contribution < -0.4 is 10.1 Å². The molecule has 0 aliphatic rings. The molecule has 0 saturated heterocycles. The van der Waals surface area contributed by atoms with Gasteiger partial charge in [-0.25, -0.2) is 0 Å². The van der Waals surface area contributed by atoms with E-state index in [4.69, 9.17) is 4.74 Å². The van der Waals surface area contributed by atoms with Gasteiger partial charge in [0.25, 0.3) is 0 Å². The number of methoxy groups -OCH3 is 1. The lowest BCUT2D eigenvalue weighted by Crippen LogP contribution is -2.09. The Kier molecular flexibility index (Phi) is 5.11. The summed E-state index contributed by atoms with van der Waals surface area (Å²) in [5, 5.41) is 3.51. The summed E-state index contributed by atoms with van der Waals surface area (Å²) in [4.78, 5) is 0. The monoisotopic (exact) mass is 397 g/mol. The third-order valence-corrected chi connectivity index (χ3v) is 4.34. The minimum atomic E-state index is 0.149. The van der Waals surface area contributed by atoms with Gasteiger partial charge in [-0.3, -0.25) is 0 Å². The first-order valence-corrected chi connectivity index (χ1v) is 7.96. The summed E-state index contributed by atoms with van der Waals surface area (Å²) >= 11 is 7.06. The first kappa shape index (κ1) is 15.4.